The Labute approximate surface area is 159 Å². The Hall–Kier alpha value is 0.350. The highest BCUT2D eigenvalue weighted by atomic mass is 127. The molecule has 2 amide bonds. The van der Waals surface area contributed by atoms with Crippen molar-refractivity contribution in [2.75, 3.05) is 0 Å². The summed E-state index contributed by atoms with van der Waals surface area (Å²) in [5.74, 6) is -0.805. The van der Waals surface area contributed by atoms with E-state index in [-0.39, 0.29) is 5.91 Å². The van der Waals surface area contributed by atoms with Gasteiger partial charge in [0.25, 0.3) is 5.91 Å². The lowest BCUT2D eigenvalue weighted by Gasteiger charge is -2.37. The van der Waals surface area contributed by atoms with Crippen molar-refractivity contribution in [2.45, 2.75) is 24.7 Å². The van der Waals surface area contributed by atoms with Gasteiger partial charge in [0, 0.05) is 6.92 Å². The molecule has 0 radical (unpaired) electrons. The maximum atomic E-state index is 11.8. The second kappa shape index (κ2) is 7.56. The zero-order chi connectivity index (χ0) is 15.4. The summed E-state index contributed by atoms with van der Waals surface area (Å²) in [6.45, 7) is 1.39. The van der Waals surface area contributed by atoms with Gasteiger partial charge >= 0.3 is 0 Å². The average molecular weight is 612 g/mol. The number of alkyl halides is 3. The summed E-state index contributed by atoms with van der Waals surface area (Å²) in [6, 6.07) is 10.0. The molecule has 0 saturated heterocycles. The van der Waals surface area contributed by atoms with Crippen molar-refractivity contribution < 1.29 is 9.59 Å². The molecule has 0 bridgehead atoms. The van der Waals surface area contributed by atoms with Crippen LogP contribution >= 0.6 is 67.8 Å². The Morgan fingerprint density at radius 2 is 1.75 bits per heavy atom. The third-order valence-electron chi connectivity index (χ3n) is 2.76. The van der Waals surface area contributed by atoms with Crippen LogP contribution in [0, 0.1) is 0 Å². The summed E-state index contributed by atoms with van der Waals surface area (Å²) >= 11 is 6.33. The number of carbonyl (C=O) groups is 2. The third kappa shape index (κ3) is 4.68. The fraction of sp³-hybridized carbons (Fsp3) is 0.385. The van der Waals surface area contributed by atoms with E-state index in [0.717, 1.165) is 6.42 Å². The first kappa shape index (κ1) is 18.4. The van der Waals surface area contributed by atoms with Crippen molar-refractivity contribution in [3.05, 3.63) is 35.9 Å². The topological polar surface area (TPSA) is 72.2 Å². The minimum absolute atomic E-state index is 0.268. The van der Waals surface area contributed by atoms with E-state index < -0.39 is 10.9 Å². The summed E-state index contributed by atoms with van der Waals surface area (Å²) in [6.07, 6.45) is 1.52. The number of carbonyl (C=O) groups excluding carboxylic acids is 2. The highest BCUT2D eigenvalue weighted by Crippen LogP contribution is 2.46. The molecule has 0 aliphatic rings. The summed E-state index contributed by atoms with van der Waals surface area (Å²) in [7, 11) is 0. The van der Waals surface area contributed by atoms with Gasteiger partial charge in [-0.15, -0.1) is 0 Å². The molecule has 0 fully saturated rings. The number of nitrogens with one attached hydrogen (secondary N) is 1. The van der Waals surface area contributed by atoms with Crippen LogP contribution in [0.5, 0.6) is 0 Å². The van der Waals surface area contributed by atoms with E-state index in [4.69, 9.17) is 5.73 Å². The molecule has 0 aliphatic heterocycles. The van der Waals surface area contributed by atoms with Crippen LogP contribution in [0.1, 0.15) is 18.9 Å². The predicted molar refractivity (Wildman–Crippen MR) is 105 cm³/mol. The SMILES string of the molecule is CC(=O)NC(I)(C(N)=O)C(I)(I)CCc1ccccc1. The molecule has 0 aromatic heterocycles. The molecular weight excluding hydrogens is 597 g/mol. The molecule has 4 nitrogen and oxygen atoms in total. The lowest BCUT2D eigenvalue weighted by molar-refractivity contribution is -0.126. The molecule has 1 atom stereocenters. The summed E-state index contributed by atoms with van der Waals surface area (Å²) in [5, 5.41) is 2.69. The average Bonchev–Trinajstić information content (AvgIpc) is 2.36. The van der Waals surface area contributed by atoms with Gasteiger partial charge in [0.1, 0.15) is 1.43 Å². The predicted octanol–water partition coefficient (Wildman–Crippen LogP) is 2.94. The number of rotatable bonds is 6. The zero-order valence-corrected chi connectivity index (χ0v) is 17.3. The molecule has 0 heterocycles. The molecule has 0 saturated carbocycles. The molecular formula is C13H15I3N2O2. The molecule has 20 heavy (non-hydrogen) atoms. The molecule has 0 spiro atoms. The maximum absolute atomic E-state index is 11.8. The number of aryl methyl sites for hydroxylation is 1. The van der Waals surface area contributed by atoms with Gasteiger partial charge in [-0.25, -0.2) is 0 Å². The number of hydrogen-bond acceptors (Lipinski definition) is 2. The largest absolute Gasteiger partial charge is 0.367 e. The normalized spacial score (nSPS) is 14.4. The van der Waals surface area contributed by atoms with Gasteiger partial charge in [-0.1, -0.05) is 75.5 Å². The lowest BCUT2D eigenvalue weighted by atomic mass is 10.0. The minimum Gasteiger partial charge on any atom is -0.367 e. The Bertz CT molecular complexity index is 494. The van der Waals surface area contributed by atoms with Gasteiger partial charge in [0.2, 0.25) is 5.91 Å². The van der Waals surface area contributed by atoms with Crippen LogP contribution in [0.15, 0.2) is 30.3 Å². The van der Waals surface area contributed by atoms with Gasteiger partial charge in [-0.05, 0) is 41.0 Å². The minimum atomic E-state index is -1.12. The van der Waals surface area contributed by atoms with Crippen LogP contribution in [0.4, 0.5) is 0 Å². The second-order valence-corrected chi connectivity index (χ2v) is 11.8. The molecule has 1 aromatic carbocycles. The summed E-state index contributed by atoms with van der Waals surface area (Å²) in [5.41, 5.74) is 6.69. The van der Waals surface area contributed by atoms with Crippen LogP contribution in [0.2, 0.25) is 0 Å². The van der Waals surface area contributed by atoms with E-state index in [9.17, 15) is 9.59 Å². The quantitative estimate of drug-likeness (QED) is 0.295. The molecule has 0 aliphatic carbocycles. The first-order valence-electron chi connectivity index (χ1n) is 5.88. The molecule has 1 unspecified atom stereocenters. The van der Waals surface area contributed by atoms with E-state index in [2.05, 4.69) is 50.5 Å². The molecule has 1 aromatic rings. The molecule has 7 heteroatoms. The monoisotopic (exact) mass is 612 g/mol. The fourth-order valence-electron chi connectivity index (χ4n) is 1.69. The van der Waals surface area contributed by atoms with Crippen molar-refractivity contribution in [3.63, 3.8) is 0 Å². The van der Waals surface area contributed by atoms with Crippen LogP contribution in [-0.4, -0.2) is 16.8 Å². The Morgan fingerprint density at radius 3 is 2.20 bits per heavy atom. The fourth-order valence-corrected chi connectivity index (χ4v) is 3.68. The zero-order valence-electron chi connectivity index (χ0n) is 10.8. The lowest BCUT2D eigenvalue weighted by Crippen LogP contribution is -2.61. The van der Waals surface area contributed by atoms with Crippen LogP contribution in [-0.2, 0) is 16.0 Å². The number of hydrogen-bond donors (Lipinski definition) is 2. The Morgan fingerprint density at radius 1 is 1.20 bits per heavy atom. The van der Waals surface area contributed by atoms with Crippen molar-refractivity contribution in [3.8, 4) is 0 Å². The number of halogens is 3. The van der Waals surface area contributed by atoms with Gasteiger partial charge in [0.15, 0.2) is 3.55 Å². The Kier molecular flexibility index (Phi) is 6.96. The third-order valence-corrected chi connectivity index (χ3v) is 9.25. The molecule has 110 valence electrons. The van der Waals surface area contributed by atoms with E-state index >= 15 is 0 Å². The Balaban J connectivity index is 2.88. The van der Waals surface area contributed by atoms with Crippen LogP contribution < -0.4 is 11.1 Å². The van der Waals surface area contributed by atoms with Crippen molar-refractivity contribution in [1.29, 1.82) is 0 Å². The maximum Gasteiger partial charge on any atom is 0.255 e. The van der Waals surface area contributed by atoms with E-state index in [1.807, 2.05) is 52.9 Å². The van der Waals surface area contributed by atoms with Gasteiger partial charge in [0.05, 0.1) is 0 Å². The standard InChI is InChI=1S/C13H15I3N2O2/c1-9(19)18-13(16,11(17)20)12(14,15)8-7-10-5-3-2-4-6-10/h2-6H,7-8H2,1H3,(H2,17,20)(H,18,19). The summed E-state index contributed by atoms with van der Waals surface area (Å²) in [4.78, 5) is 23.2. The summed E-state index contributed by atoms with van der Waals surface area (Å²) < 4.78 is -1.64. The van der Waals surface area contributed by atoms with Crippen molar-refractivity contribution in [2.24, 2.45) is 5.73 Å². The number of primary amides is 1. The first-order valence-corrected chi connectivity index (χ1v) is 9.12. The molecule has 3 N–H and O–H groups in total. The van der Waals surface area contributed by atoms with Crippen molar-refractivity contribution >= 4 is 79.6 Å². The smallest absolute Gasteiger partial charge is 0.255 e. The van der Waals surface area contributed by atoms with E-state index in [1.165, 1.54) is 12.5 Å². The number of amides is 2. The number of benzene rings is 1. The van der Waals surface area contributed by atoms with Crippen LogP contribution in [0.25, 0.3) is 0 Å². The first-order chi connectivity index (χ1) is 9.19. The van der Waals surface area contributed by atoms with Gasteiger partial charge in [-0.2, -0.15) is 0 Å². The van der Waals surface area contributed by atoms with Crippen LogP contribution in [0.3, 0.4) is 0 Å². The molecule has 1 rings (SSSR count). The van der Waals surface area contributed by atoms with Gasteiger partial charge < -0.3 is 11.1 Å². The highest BCUT2D eigenvalue weighted by Gasteiger charge is 2.51. The van der Waals surface area contributed by atoms with E-state index in [0.29, 0.717) is 6.42 Å². The number of nitrogens with two attached hydrogens (primary N) is 1. The van der Waals surface area contributed by atoms with Gasteiger partial charge in [-0.3, -0.25) is 9.59 Å². The van der Waals surface area contributed by atoms with Crippen molar-refractivity contribution in [1.82, 2.24) is 5.32 Å². The highest BCUT2D eigenvalue weighted by molar-refractivity contribution is 14.2. The second-order valence-electron chi connectivity index (χ2n) is 4.39. The van der Waals surface area contributed by atoms with E-state index in [1.54, 1.807) is 0 Å².